The van der Waals surface area contributed by atoms with Gasteiger partial charge < -0.3 is 9.64 Å². The molecule has 0 spiro atoms. The van der Waals surface area contributed by atoms with Crippen molar-refractivity contribution in [3.8, 4) is 5.75 Å². The van der Waals surface area contributed by atoms with Crippen LogP contribution in [0.3, 0.4) is 0 Å². The molecule has 6 nitrogen and oxygen atoms in total. The van der Waals surface area contributed by atoms with Gasteiger partial charge in [0.1, 0.15) is 5.75 Å². The molecule has 0 fully saturated rings. The highest BCUT2D eigenvalue weighted by Crippen LogP contribution is 2.24. The molecule has 1 aliphatic rings. The van der Waals surface area contributed by atoms with Gasteiger partial charge in [0.25, 0.3) is 5.91 Å². The van der Waals surface area contributed by atoms with E-state index in [4.69, 9.17) is 9.88 Å². The van der Waals surface area contributed by atoms with Crippen LogP contribution in [0.5, 0.6) is 5.75 Å². The van der Waals surface area contributed by atoms with E-state index in [1.807, 2.05) is 18.2 Å². The normalized spacial score (nSPS) is 14.4. The van der Waals surface area contributed by atoms with Crippen molar-refractivity contribution in [1.82, 2.24) is 4.90 Å². The molecule has 0 aliphatic carbocycles. The monoisotopic (exact) mass is 388 g/mol. The maximum Gasteiger partial charge on any atom is 0.253 e. The number of methoxy groups -OCH3 is 1. The molecule has 0 unspecified atom stereocenters. The second-order valence-electron chi connectivity index (χ2n) is 6.89. The number of amides is 1. The Kier molecular flexibility index (Phi) is 5.26. The molecule has 0 saturated carbocycles. The number of hydrogen-bond acceptors (Lipinski definition) is 4. The molecule has 7 heteroatoms. The second kappa shape index (κ2) is 7.32. The number of nitrogens with two attached hydrogens (primary N) is 1. The number of ether oxygens (including phenoxy) is 1. The molecule has 2 aromatic rings. The fourth-order valence-corrected chi connectivity index (χ4v) is 4.34. The number of carbonyl (C=O) groups excluding carboxylic acids is 1. The van der Waals surface area contributed by atoms with Gasteiger partial charge in [-0.2, -0.15) is 0 Å². The minimum absolute atomic E-state index is 0.00805. The minimum Gasteiger partial charge on any atom is -0.497 e. The first kappa shape index (κ1) is 19.4. The Balaban J connectivity index is 1.88. The zero-order valence-corrected chi connectivity index (χ0v) is 16.6. The Labute approximate surface area is 160 Å². The van der Waals surface area contributed by atoms with Gasteiger partial charge in [0.05, 0.1) is 12.0 Å². The number of nitrogens with zero attached hydrogens (tertiary/aromatic N) is 1. The summed E-state index contributed by atoms with van der Waals surface area (Å²) in [5.74, 6) is 0.628. The van der Waals surface area contributed by atoms with Crippen molar-refractivity contribution >= 4 is 15.9 Å². The first-order valence-corrected chi connectivity index (χ1v) is 10.3. The van der Waals surface area contributed by atoms with E-state index in [1.54, 1.807) is 31.9 Å². The predicted molar refractivity (Wildman–Crippen MR) is 104 cm³/mol. The Morgan fingerprint density at radius 3 is 2.37 bits per heavy atom. The summed E-state index contributed by atoms with van der Waals surface area (Å²) >= 11 is 0. The molecule has 0 atom stereocenters. The van der Waals surface area contributed by atoms with Crippen LogP contribution in [0.15, 0.2) is 35.2 Å². The predicted octanol–water partition coefficient (Wildman–Crippen LogP) is 2.20. The Bertz CT molecular complexity index is 999. The zero-order chi connectivity index (χ0) is 19.8. The lowest BCUT2D eigenvalue weighted by Crippen LogP contribution is -2.33. The van der Waals surface area contributed by atoms with Crippen LogP contribution in [-0.2, 0) is 22.9 Å². The standard InChI is InChI=1S/C20H24N2O4S/c1-13-10-17(12-19(14(13)2)27(21,24)25)20(23)22-8-6-15-4-5-18(26-3)11-16(15)7-9-22/h4-5,10-12H,6-9H2,1-3H3,(H2,21,24,25). The van der Waals surface area contributed by atoms with Gasteiger partial charge in [0.2, 0.25) is 10.0 Å². The molecule has 27 heavy (non-hydrogen) atoms. The molecule has 0 aromatic heterocycles. The van der Waals surface area contributed by atoms with E-state index in [9.17, 15) is 13.2 Å². The van der Waals surface area contributed by atoms with Crippen LogP contribution in [0, 0.1) is 13.8 Å². The summed E-state index contributed by atoms with van der Waals surface area (Å²) in [7, 11) is -2.25. The zero-order valence-electron chi connectivity index (χ0n) is 15.8. The summed E-state index contributed by atoms with van der Waals surface area (Å²) in [6.07, 6.45) is 1.48. The smallest absolute Gasteiger partial charge is 0.253 e. The first-order chi connectivity index (χ1) is 12.7. The molecule has 0 saturated heterocycles. The molecule has 2 N–H and O–H groups in total. The molecule has 1 aliphatic heterocycles. The van der Waals surface area contributed by atoms with E-state index < -0.39 is 10.0 Å². The number of sulfonamides is 1. The highest BCUT2D eigenvalue weighted by atomic mass is 32.2. The van der Waals surface area contributed by atoms with Crippen LogP contribution in [0.2, 0.25) is 0 Å². The third-order valence-electron chi connectivity index (χ3n) is 5.18. The van der Waals surface area contributed by atoms with Crippen LogP contribution in [0.4, 0.5) is 0 Å². The lowest BCUT2D eigenvalue weighted by molar-refractivity contribution is 0.0762. The number of primary sulfonamides is 1. The van der Waals surface area contributed by atoms with E-state index in [1.165, 1.54) is 17.2 Å². The third kappa shape index (κ3) is 3.99. The van der Waals surface area contributed by atoms with Gasteiger partial charge in [-0.25, -0.2) is 13.6 Å². The summed E-state index contributed by atoms with van der Waals surface area (Å²) < 4.78 is 29.0. The van der Waals surface area contributed by atoms with Crippen molar-refractivity contribution < 1.29 is 17.9 Å². The van der Waals surface area contributed by atoms with Gasteiger partial charge in [-0.1, -0.05) is 6.07 Å². The van der Waals surface area contributed by atoms with Gasteiger partial charge in [-0.15, -0.1) is 0 Å². The number of benzene rings is 2. The lowest BCUT2D eigenvalue weighted by Gasteiger charge is -2.21. The van der Waals surface area contributed by atoms with Crippen molar-refractivity contribution in [2.75, 3.05) is 20.2 Å². The number of hydrogen-bond donors (Lipinski definition) is 1. The maximum atomic E-state index is 13.0. The second-order valence-corrected chi connectivity index (χ2v) is 8.42. The highest BCUT2D eigenvalue weighted by Gasteiger charge is 2.23. The SMILES string of the molecule is COc1ccc2c(c1)CCN(C(=O)c1cc(C)c(C)c(S(N)(=O)=O)c1)CC2. The van der Waals surface area contributed by atoms with Crippen LogP contribution in [0.25, 0.3) is 0 Å². The van der Waals surface area contributed by atoms with Crippen molar-refractivity contribution in [3.63, 3.8) is 0 Å². The van der Waals surface area contributed by atoms with Gasteiger partial charge in [-0.05, 0) is 73.2 Å². The third-order valence-corrected chi connectivity index (χ3v) is 6.21. The molecule has 0 radical (unpaired) electrons. The Hall–Kier alpha value is -2.38. The van der Waals surface area contributed by atoms with Crippen molar-refractivity contribution in [2.45, 2.75) is 31.6 Å². The van der Waals surface area contributed by atoms with E-state index in [0.717, 1.165) is 24.2 Å². The Morgan fingerprint density at radius 1 is 1.07 bits per heavy atom. The lowest BCUT2D eigenvalue weighted by atomic mass is 10.0. The average Bonchev–Trinajstić information content (AvgIpc) is 2.84. The fraction of sp³-hybridized carbons (Fsp3) is 0.350. The van der Waals surface area contributed by atoms with E-state index >= 15 is 0 Å². The van der Waals surface area contributed by atoms with Crippen LogP contribution < -0.4 is 9.88 Å². The topological polar surface area (TPSA) is 89.7 Å². The van der Waals surface area contributed by atoms with Crippen molar-refractivity contribution in [2.24, 2.45) is 5.14 Å². The highest BCUT2D eigenvalue weighted by molar-refractivity contribution is 7.89. The van der Waals surface area contributed by atoms with E-state index in [0.29, 0.717) is 24.2 Å². The number of rotatable bonds is 3. The van der Waals surface area contributed by atoms with Crippen molar-refractivity contribution in [3.05, 3.63) is 58.1 Å². The molecular weight excluding hydrogens is 364 g/mol. The molecular formula is C20H24N2O4S. The number of aryl methyl sites for hydroxylation is 1. The van der Waals surface area contributed by atoms with Crippen molar-refractivity contribution in [1.29, 1.82) is 0 Å². The van der Waals surface area contributed by atoms with Gasteiger partial charge >= 0.3 is 0 Å². The number of carbonyl (C=O) groups is 1. The summed E-state index contributed by atoms with van der Waals surface area (Å²) in [6, 6.07) is 9.10. The average molecular weight is 388 g/mol. The number of fused-ring (bicyclic) bond motifs is 1. The molecule has 2 aromatic carbocycles. The largest absolute Gasteiger partial charge is 0.497 e. The fourth-order valence-electron chi connectivity index (χ4n) is 3.46. The maximum absolute atomic E-state index is 13.0. The van der Waals surface area contributed by atoms with Gasteiger partial charge in [0, 0.05) is 18.7 Å². The summed E-state index contributed by atoms with van der Waals surface area (Å²) in [5.41, 5.74) is 4.04. The molecule has 0 bridgehead atoms. The molecule has 1 amide bonds. The van der Waals surface area contributed by atoms with E-state index in [2.05, 4.69) is 0 Å². The summed E-state index contributed by atoms with van der Waals surface area (Å²) in [6.45, 7) is 4.62. The molecule has 1 heterocycles. The molecule has 3 rings (SSSR count). The minimum atomic E-state index is -3.89. The van der Waals surface area contributed by atoms with Gasteiger partial charge in [0.15, 0.2) is 0 Å². The first-order valence-electron chi connectivity index (χ1n) is 8.80. The summed E-state index contributed by atoms with van der Waals surface area (Å²) in [4.78, 5) is 14.8. The summed E-state index contributed by atoms with van der Waals surface area (Å²) in [5, 5.41) is 5.32. The van der Waals surface area contributed by atoms with Crippen LogP contribution in [-0.4, -0.2) is 39.4 Å². The van der Waals surface area contributed by atoms with E-state index in [-0.39, 0.29) is 10.8 Å². The van der Waals surface area contributed by atoms with Gasteiger partial charge in [-0.3, -0.25) is 4.79 Å². The molecule has 144 valence electrons. The van der Waals surface area contributed by atoms with Crippen LogP contribution >= 0.6 is 0 Å². The Morgan fingerprint density at radius 2 is 1.74 bits per heavy atom. The quantitative estimate of drug-likeness (QED) is 0.873. The van der Waals surface area contributed by atoms with Crippen LogP contribution in [0.1, 0.15) is 32.6 Å².